The van der Waals surface area contributed by atoms with Crippen LogP contribution in [0.4, 0.5) is 0 Å². The summed E-state index contributed by atoms with van der Waals surface area (Å²) in [5.41, 5.74) is 0. The molecule has 9 heteroatoms. The second kappa shape index (κ2) is 52.5. The number of likely N-dealkylation sites (N-methyl/N-ethyl adjacent to an activating group) is 1. The SMILES string of the molecule is CC/C=C\C/C=C\C/C=C\C/C=C\C/C=C\C/C=C\C/C=C\C/C=C\C/C=C\C/C=C\C/C=C\C/C=C\CCCCCCC(=O)NC(COP(=O)([O-])OCC[N+](C)(C)C)C(O)/C=C/CC/C=C/CC/C=C/CC. The predicted octanol–water partition coefficient (Wildman–Crippen LogP) is 16.4. The maximum absolute atomic E-state index is 12.9. The lowest BCUT2D eigenvalue weighted by Gasteiger charge is -2.29. The average molecular weight is 1030 g/mol. The van der Waals surface area contributed by atoms with Crippen molar-refractivity contribution in [2.45, 2.75) is 174 Å². The molecule has 0 aliphatic rings. The fourth-order valence-electron chi connectivity index (χ4n) is 6.58. The normalized spacial score (nSPS) is 15.3. The van der Waals surface area contributed by atoms with Crippen LogP contribution in [0.25, 0.3) is 0 Å². The van der Waals surface area contributed by atoms with E-state index < -0.39 is 26.6 Å². The Hall–Kier alpha value is -4.40. The van der Waals surface area contributed by atoms with Gasteiger partial charge in [-0.1, -0.05) is 209 Å². The van der Waals surface area contributed by atoms with E-state index >= 15 is 0 Å². The van der Waals surface area contributed by atoms with Gasteiger partial charge in [0.1, 0.15) is 13.2 Å². The highest BCUT2D eigenvalue weighted by Crippen LogP contribution is 2.38. The number of hydrogen-bond acceptors (Lipinski definition) is 6. The zero-order chi connectivity index (χ0) is 53.5. The number of aliphatic hydroxyl groups is 1. The Balaban J connectivity index is 4.18. The van der Waals surface area contributed by atoms with Gasteiger partial charge in [0.25, 0.3) is 7.82 Å². The Labute approximate surface area is 446 Å². The monoisotopic (exact) mass is 1020 g/mol. The Kier molecular flexibility index (Phi) is 49.3. The molecule has 0 aromatic rings. The molecule has 1 amide bonds. The van der Waals surface area contributed by atoms with Crippen LogP contribution in [-0.2, 0) is 18.4 Å². The van der Waals surface area contributed by atoms with Crippen LogP contribution < -0.4 is 10.2 Å². The molecule has 3 atom stereocenters. The minimum Gasteiger partial charge on any atom is -0.756 e. The Morgan fingerprint density at radius 2 is 0.808 bits per heavy atom. The Morgan fingerprint density at radius 3 is 1.21 bits per heavy atom. The largest absolute Gasteiger partial charge is 0.756 e. The first-order valence-corrected chi connectivity index (χ1v) is 29.1. The van der Waals surface area contributed by atoms with Crippen LogP contribution in [0.5, 0.6) is 0 Å². The fraction of sp³-hybridized carbons (Fsp3) is 0.516. The summed E-state index contributed by atoms with van der Waals surface area (Å²) < 4.78 is 23.1. The van der Waals surface area contributed by atoms with E-state index in [0.717, 1.165) is 128 Å². The summed E-state index contributed by atoms with van der Waals surface area (Å²) in [7, 11) is 1.18. The zero-order valence-corrected chi connectivity index (χ0v) is 47.1. The van der Waals surface area contributed by atoms with Crippen molar-refractivity contribution >= 4 is 13.7 Å². The number of hydrogen-bond donors (Lipinski definition) is 2. The standard InChI is InChI=1S/C64H101N2O6P/c1-6-8-10-12-14-16-18-19-20-21-22-23-24-25-26-27-28-29-30-31-32-33-34-35-36-37-38-39-40-41-42-43-44-45-46-47-48-50-52-54-56-58-64(68)65-62(61-72-73(69,70)71-60-59-66(3,4)5)63(67)57-55-53-51-49-17-15-13-11-9-7-2/h8-11,14,16-17,19-20,22-23,25-26,28-29,31-32,34-35,37-38,40-41,43-44,46-47,49,55,57,62-63,67H,6-7,12-13,15,18,21,24,27,30,33,36,39,42,45,48,50-54,56,58-61H2,1-5H3,(H-,65,68,69,70)/b10-8-,11-9+,16-14-,20-19-,23-22-,26-25-,29-28-,32-31-,35-34-,38-37-,41-40-,44-43-,47-46-,49-17+,57-55+. The molecule has 0 saturated heterocycles. The number of nitrogens with one attached hydrogen (secondary N) is 1. The van der Waals surface area contributed by atoms with Gasteiger partial charge in [0.15, 0.2) is 0 Å². The van der Waals surface area contributed by atoms with Gasteiger partial charge in [-0.05, 0) is 128 Å². The van der Waals surface area contributed by atoms with Gasteiger partial charge < -0.3 is 28.8 Å². The van der Waals surface area contributed by atoms with Gasteiger partial charge in [0.05, 0.1) is 39.9 Å². The Morgan fingerprint density at radius 1 is 0.479 bits per heavy atom. The summed E-state index contributed by atoms with van der Waals surface area (Å²) in [4.78, 5) is 25.3. The van der Waals surface area contributed by atoms with Crippen molar-refractivity contribution in [2.24, 2.45) is 0 Å². The number of nitrogens with zero attached hydrogens (tertiary/aromatic N) is 1. The highest BCUT2D eigenvalue weighted by Gasteiger charge is 2.23. The first kappa shape index (κ1) is 68.6. The van der Waals surface area contributed by atoms with Gasteiger partial charge in [0, 0.05) is 6.42 Å². The topological polar surface area (TPSA) is 108 Å². The molecule has 0 heterocycles. The van der Waals surface area contributed by atoms with Crippen molar-refractivity contribution in [1.82, 2.24) is 5.32 Å². The van der Waals surface area contributed by atoms with Crippen LogP contribution in [0.1, 0.15) is 162 Å². The molecule has 8 nitrogen and oxygen atoms in total. The van der Waals surface area contributed by atoms with Crippen molar-refractivity contribution < 1.29 is 32.9 Å². The van der Waals surface area contributed by atoms with Crippen LogP contribution in [-0.4, -0.2) is 68.5 Å². The van der Waals surface area contributed by atoms with E-state index in [0.29, 0.717) is 23.9 Å². The molecule has 0 radical (unpaired) electrons. The molecule has 0 fully saturated rings. The van der Waals surface area contributed by atoms with Crippen molar-refractivity contribution in [3.8, 4) is 0 Å². The van der Waals surface area contributed by atoms with Crippen LogP contribution in [0.3, 0.4) is 0 Å². The van der Waals surface area contributed by atoms with Gasteiger partial charge >= 0.3 is 0 Å². The number of carbonyl (C=O) groups is 1. The van der Waals surface area contributed by atoms with E-state index in [1.54, 1.807) is 6.08 Å². The number of unbranched alkanes of at least 4 members (excludes halogenated alkanes) is 6. The summed E-state index contributed by atoms with van der Waals surface area (Å²) in [6.45, 7) is 4.31. The van der Waals surface area contributed by atoms with Gasteiger partial charge in [-0.3, -0.25) is 9.36 Å². The number of allylic oxidation sites excluding steroid dienone is 29. The van der Waals surface area contributed by atoms with Gasteiger partial charge in [-0.2, -0.15) is 0 Å². The number of phosphoric acid groups is 1. The summed E-state index contributed by atoms with van der Waals surface area (Å²) in [5, 5.41) is 13.7. The first-order chi connectivity index (χ1) is 35.5. The summed E-state index contributed by atoms with van der Waals surface area (Å²) in [6.07, 6.45) is 85.7. The van der Waals surface area contributed by atoms with E-state index in [4.69, 9.17) is 9.05 Å². The number of aliphatic hydroxyl groups excluding tert-OH is 1. The molecule has 0 rings (SSSR count). The molecule has 73 heavy (non-hydrogen) atoms. The van der Waals surface area contributed by atoms with E-state index in [1.807, 2.05) is 27.2 Å². The maximum atomic E-state index is 12.9. The number of rotatable bonds is 47. The second-order valence-corrected chi connectivity index (χ2v) is 20.2. The lowest BCUT2D eigenvalue weighted by molar-refractivity contribution is -0.870. The third-order valence-corrected chi connectivity index (χ3v) is 11.8. The van der Waals surface area contributed by atoms with Crippen LogP contribution in [0.2, 0.25) is 0 Å². The highest BCUT2D eigenvalue weighted by atomic mass is 31.2. The maximum Gasteiger partial charge on any atom is 0.268 e. The molecule has 0 aliphatic carbocycles. The lowest BCUT2D eigenvalue weighted by Crippen LogP contribution is -2.45. The molecule has 0 bridgehead atoms. The van der Waals surface area contributed by atoms with Gasteiger partial charge in [0.2, 0.25) is 5.91 Å². The number of quaternary nitrogens is 1. The molecule has 0 saturated carbocycles. The van der Waals surface area contributed by atoms with Crippen molar-refractivity contribution in [1.29, 1.82) is 0 Å². The van der Waals surface area contributed by atoms with Gasteiger partial charge in [-0.15, -0.1) is 0 Å². The molecular formula is C64H101N2O6P. The molecule has 0 aromatic heterocycles. The smallest absolute Gasteiger partial charge is 0.268 e. The van der Waals surface area contributed by atoms with Crippen molar-refractivity contribution in [2.75, 3.05) is 40.9 Å². The van der Waals surface area contributed by atoms with Crippen LogP contribution in [0.15, 0.2) is 182 Å². The number of phosphoric ester groups is 1. The molecule has 0 aromatic carbocycles. The molecule has 0 spiro atoms. The van der Waals surface area contributed by atoms with E-state index in [2.05, 4.69) is 189 Å². The van der Waals surface area contributed by atoms with E-state index in [9.17, 15) is 19.4 Å². The molecule has 408 valence electrons. The van der Waals surface area contributed by atoms with Crippen molar-refractivity contribution in [3.63, 3.8) is 0 Å². The summed E-state index contributed by atoms with van der Waals surface area (Å²) >= 11 is 0. The highest BCUT2D eigenvalue weighted by molar-refractivity contribution is 7.45. The first-order valence-electron chi connectivity index (χ1n) is 27.6. The number of amides is 1. The van der Waals surface area contributed by atoms with E-state index in [1.165, 1.54) is 0 Å². The van der Waals surface area contributed by atoms with Crippen LogP contribution in [0, 0.1) is 0 Å². The summed E-state index contributed by atoms with van der Waals surface area (Å²) in [6, 6.07) is -0.935. The third kappa shape index (κ3) is 55.2. The molecular weight excluding hydrogens is 924 g/mol. The molecule has 3 unspecified atom stereocenters. The molecule has 2 N–H and O–H groups in total. The Bertz CT molecular complexity index is 1830. The minimum absolute atomic E-state index is 0.0250. The molecule has 0 aliphatic heterocycles. The zero-order valence-electron chi connectivity index (χ0n) is 46.2. The number of carbonyl (C=O) groups excluding carboxylic acids is 1. The minimum atomic E-state index is -4.62. The predicted molar refractivity (Wildman–Crippen MR) is 315 cm³/mol. The second-order valence-electron chi connectivity index (χ2n) is 18.8. The quantitative estimate of drug-likeness (QED) is 0.0272. The fourth-order valence-corrected chi connectivity index (χ4v) is 7.30. The van der Waals surface area contributed by atoms with Crippen molar-refractivity contribution in [3.05, 3.63) is 182 Å². The third-order valence-electron chi connectivity index (χ3n) is 10.8. The average Bonchev–Trinajstić information content (AvgIpc) is 3.35. The summed E-state index contributed by atoms with van der Waals surface area (Å²) in [5.74, 6) is -0.248. The lowest BCUT2D eigenvalue weighted by atomic mass is 10.1. The van der Waals surface area contributed by atoms with Gasteiger partial charge in [-0.25, -0.2) is 0 Å². The van der Waals surface area contributed by atoms with E-state index in [-0.39, 0.29) is 18.9 Å². The van der Waals surface area contributed by atoms with Crippen LogP contribution >= 0.6 is 7.82 Å².